The number of ether oxygens (including phenoxy) is 1. The molecular formula is C20H20N2O3S. The van der Waals surface area contributed by atoms with E-state index in [-0.39, 0.29) is 11.7 Å². The first-order valence-electron chi connectivity index (χ1n) is 8.29. The van der Waals surface area contributed by atoms with Crippen molar-refractivity contribution in [3.8, 4) is 11.5 Å². The lowest BCUT2D eigenvalue weighted by atomic mass is 10.1. The predicted molar refractivity (Wildman–Crippen MR) is 106 cm³/mol. The number of rotatable bonds is 4. The molecule has 0 atom stereocenters. The predicted octanol–water partition coefficient (Wildman–Crippen LogP) is 4.30. The largest absolute Gasteiger partial charge is 0.504 e. The molecule has 1 saturated heterocycles. The molecule has 2 aromatic rings. The number of aryl methyl sites for hydroxylation is 2. The number of carbonyl (C=O) groups excluding carboxylic acids is 1. The van der Waals surface area contributed by atoms with Gasteiger partial charge in [-0.3, -0.25) is 4.79 Å². The van der Waals surface area contributed by atoms with E-state index in [9.17, 15) is 9.90 Å². The number of para-hydroxylation sites is 1. The third-order valence-electron chi connectivity index (χ3n) is 3.85. The van der Waals surface area contributed by atoms with Crippen LogP contribution in [0.4, 0.5) is 5.69 Å². The Balaban J connectivity index is 1.88. The van der Waals surface area contributed by atoms with Crippen LogP contribution in [0.5, 0.6) is 11.5 Å². The zero-order valence-electron chi connectivity index (χ0n) is 14.9. The van der Waals surface area contributed by atoms with Gasteiger partial charge in [0.1, 0.15) is 0 Å². The van der Waals surface area contributed by atoms with Gasteiger partial charge in [-0.15, -0.1) is 0 Å². The first-order valence-corrected chi connectivity index (χ1v) is 9.11. The number of aliphatic imine (C=N–C) groups is 1. The fourth-order valence-electron chi connectivity index (χ4n) is 2.50. The topological polar surface area (TPSA) is 70.9 Å². The molecule has 26 heavy (non-hydrogen) atoms. The summed E-state index contributed by atoms with van der Waals surface area (Å²) in [5, 5.41) is 13.6. The lowest BCUT2D eigenvalue weighted by Crippen LogP contribution is -2.19. The van der Waals surface area contributed by atoms with Gasteiger partial charge in [0.05, 0.1) is 17.2 Å². The summed E-state index contributed by atoms with van der Waals surface area (Å²) in [5.41, 5.74) is 3.51. The number of phenolic OH excluding ortho intramolecular Hbond substituents is 1. The van der Waals surface area contributed by atoms with Gasteiger partial charge in [-0.25, -0.2) is 4.99 Å². The van der Waals surface area contributed by atoms with Crippen LogP contribution in [-0.4, -0.2) is 22.8 Å². The van der Waals surface area contributed by atoms with Gasteiger partial charge in [-0.2, -0.15) is 0 Å². The van der Waals surface area contributed by atoms with Crippen LogP contribution in [0.15, 0.2) is 46.3 Å². The Labute approximate surface area is 156 Å². The summed E-state index contributed by atoms with van der Waals surface area (Å²) >= 11 is 1.25. The Morgan fingerprint density at radius 2 is 2.08 bits per heavy atom. The summed E-state index contributed by atoms with van der Waals surface area (Å²) in [4.78, 5) is 17.3. The Morgan fingerprint density at radius 1 is 1.27 bits per heavy atom. The summed E-state index contributed by atoms with van der Waals surface area (Å²) in [7, 11) is 0. The molecule has 2 N–H and O–H groups in total. The first-order chi connectivity index (χ1) is 12.5. The molecule has 0 saturated carbocycles. The van der Waals surface area contributed by atoms with Gasteiger partial charge < -0.3 is 15.2 Å². The average Bonchev–Trinajstić information content (AvgIpc) is 2.94. The highest BCUT2D eigenvalue weighted by Gasteiger charge is 2.24. The van der Waals surface area contributed by atoms with Crippen molar-refractivity contribution in [3.63, 3.8) is 0 Å². The van der Waals surface area contributed by atoms with E-state index in [0.29, 0.717) is 28.0 Å². The van der Waals surface area contributed by atoms with Crippen LogP contribution in [-0.2, 0) is 4.79 Å². The number of carbonyl (C=O) groups is 1. The zero-order chi connectivity index (χ0) is 18.7. The molecule has 2 aromatic carbocycles. The average molecular weight is 368 g/mol. The second-order valence-corrected chi connectivity index (χ2v) is 6.93. The Bertz CT molecular complexity index is 919. The molecule has 0 unspecified atom stereocenters. The van der Waals surface area contributed by atoms with Gasteiger partial charge in [0.25, 0.3) is 5.91 Å². The maximum Gasteiger partial charge on any atom is 0.264 e. The monoisotopic (exact) mass is 368 g/mol. The molecule has 0 radical (unpaired) electrons. The van der Waals surface area contributed by atoms with E-state index in [1.165, 1.54) is 11.8 Å². The zero-order valence-corrected chi connectivity index (χ0v) is 15.7. The van der Waals surface area contributed by atoms with E-state index in [2.05, 4.69) is 10.3 Å². The van der Waals surface area contributed by atoms with Crippen LogP contribution >= 0.6 is 11.8 Å². The molecule has 3 rings (SSSR count). The number of nitrogens with one attached hydrogen (secondary N) is 1. The molecule has 1 heterocycles. The fourth-order valence-corrected chi connectivity index (χ4v) is 3.32. The van der Waals surface area contributed by atoms with E-state index in [1.54, 1.807) is 24.3 Å². The molecule has 0 spiro atoms. The van der Waals surface area contributed by atoms with Crippen molar-refractivity contribution in [2.75, 3.05) is 6.61 Å². The first kappa shape index (κ1) is 18.1. The molecule has 0 aromatic heterocycles. The van der Waals surface area contributed by atoms with E-state index in [4.69, 9.17) is 4.74 Å². The van der Waals surface area contributed by atoms with Crippen LogP contribution in [0.2, 0.25) is 0 Å². The second-order valence-electron chi connectivity index (χ2n) is 5.90. The van der Waals surface area contributed by atoms with E-state index >= 15 is 0 Å². The number of amides is 1. The number of aromatic hydroxyl groups is 1. The quantitative estimate of drug-likeness (QED) is 0.790. The Hall–Kier alpha value is -2.73. The lowest BCUT2D eigenvalue weighted by molar-refractivity contribution is -0.115. The summed E-state index contributed by atoms with van der Waals surface area (Å²) in [5.74, 6) is 0.185. The maximum absolute atomic E-state index is 12.3. The van der Waals surface area contributed by atoms with Gasteiger partial charge in [-0.05, 0) is 61.9 Å². The number of hydrogen-bond donors (Lipinski definition) is 2. The van der Waals surface area contributed by atoms with Crippen molar-refractivity contribution >= 4 is 34.6 Å². The Morgan fingerprint density at radius 3 is 2.85 bits per heavy atom. The number of nitrogens with zero attached hydrogens (tertiary/aromatic N) is 1. The highest BCUT2D eigenvalue weighted by molar-refractivity contribution is 8.18. The molecule has 1 amide bonds. The maximum atomic E-state index is 12.3. The van der Waals surface area contributed by atoms with Gasteiger partial charge in [0.15, 0.2) is 16.7 Å². The second kappa shape index (κ2) is 7.66. The van der Waals surface area contributed by atoms with Crippen LogP contribution in [0.3, 0.4) is 0 Å². The minimum Gasteiger partial charge on any atom is -0.504 e. The van der Waals surface area contributed by atoms with Crippen molar-refractivity contribution in [3.05, 3.63) is 58.0 Å². The summed E-state index contributed by atoms with van der Waals surface area (Å²) < 4.78 is 5.38. The number of benzene rings is 2. The Kier molecular flexibility index (Phi) is 5.32. The minimum atomic E-state index is -0.236. The number of amidine groups is 1. The van der Waals surface area contributed by atoms with Gasteiger partial charge in [0, 0.05) is 5.56 Å². The van der Waals surface area contributed by atoms with E-state index in [0.717, 1.165) is 16.8 Å². The van der Waals surface area contributed by atoms with Gasteiger partial charge in [-0.1, -0.05) is 24.3 Å². The molecule has 5 nitrogen and oxygen atoms in total. The standard InChI is InChI=1S/C20H20N2O3S/c1-4-25-16-7-5-6-14(18(16)23)11-17-19(24)22-20(26-17)21-15-10-12(2)8-9-13(15)3/h5-11,23H,4H2,1-3H3,(H,21,22,24)/b17-11-. The highest BCUT2D eigenvalue weighted by Crippen LogP contribution is 2.35. The number of thioether (sulfide) groups is 1. The highest BCUT2D eigenvalue weighted by atomic mass is 32.2. The molecule has 1 aliphatic rings. The lowest BCUT2D eigenvalue weighted by Gasteiger charge is -2.07. The molecule has 1 fully saturated rings. The molecule has 134 valence electrons. The van der Waals surface area contributed by atoms with Gasteiger partial charge >= 0.3 is 0 Å². The van der Waals surface area contributed by atoms with Crippen LogP contribution in [0, 0.1) is 13.8 Å². The molecule has 6 heteroatoms. The summed E-state index contributed by atoms with van der Waals surface area (Å²) in [6.07, 6.45) is 1.64. The molecule has 0 bridgehead atoms. The van der Waals surface area contributed by atoms with E-state index in [1.807, 2.05) is 39.0 Å². The molecule has 1 aliphatic heterocycles. The van der Waals surface area contributed by atoms with E-state index < -0.39 is 0 Å². The summed E-state index contributed by atoms with van der Waals surface area (Å²) in [6, 6.07) is 11.2. The van der Waals surface area contributed by atoms with Crippen molar-refractivity contribution in [1.82, 2.24) is 5.32 Å². The van der Waals surface area contributed by atoms with Crippen LogP contribution in [0.1, 0.15) is 23.6 Å². The van der Waals surface area contributed by atoms with Crippen molar-refractivity contribution < 1.29 is 14.6 Å². The van der Waals surface area contributed by atoms with Crippen LogP contribution < -0.4 is 10.1 Å². The molecular weight excluding hydrogens is 348 g/mol. The molecule has 0 aliphatic carbocycles. The fraction of sp³-hybridized carbons (Fsp3) is 0.200. The van der Waals surface area contributed by atoms with Crippen molar-refractivity contribution in [2.24, 2.45) is 4.99 Å². The third kappa shape index (κ3) is 3.91. The van der Waals surface area contributed by atoms with Gasteiger partial charge in [0.2, 0.25) is 0 Å². The summed E-state index contributed by atoms with van der Waals surface area (Å²) in [6.45, 7) is 6.29. The number of phenols is 1. The van der Waals surface area contributed by atoms with Crippen molar-refractivity contribution in [2.45, 2.75) is 20.8 Å². The number of hydrogen-bond acceptors (Lipinski definition) is 5. The third-order valence-corrected chi connectivity index (χ3v) is 4.76. The smallest absolute Gasteiger partial charge is 0.264 e. The minimum absolute atomic E-state index is 0.0233. The van der Waals surface area contributed by atoms with Crippen molar-refractivity contribution in [1.29, 1.82) is 0 Å². The van der Waals surface area contributed by atoms with Crippen LogP contribution in [0.25, 0.3) is 6.08 Å². The SMILES string of the molecule is CCOc1cccc(/C=C2\SC(=Nc3cc(C)ccc3C)NC2=O)c1O. The normalized spacial score (nSPS) is 17.0.